The van der Waals surface area contributed by atoms with Crippen molar-refractivity contribution in [2.24, 2.45) is 0 Å². The predicted octanol–water partition coefficient (Wildman–Crippen LogP) is 1.86. The van der Waals surface area contributed by atoms with Crippen LogP contribution >= 0.6 is 0 Å². The molecule has 1 N–H and O–H groups in total. The molecule has 0 bridgehead atoms. The highest BCUT2D eigenvalue weighted by Gasteiger charge is 2.18. The number of rotatable bonds is 5. The number of methoxy groups -OCH3 is 1. The molecule has 0 aliphatic carbocycles. The molecule has 0 radical (unpaired) electrons. The fourth-order valence-electron chi connectivity index (χ4n) is 1.65. The second-order valence-corrected chi connectivity index (χ2v) is 4.32. The van der Waals surface area contributed by atoms with Crippen LogP contribution in [0.25, 0.3) is 0 Å². The van der Waals surface area contributed by atoms with Crippen molar-refractivity contribution in [3.8, 4) is 0 Å². The van der Waals surface area contributed by atoms with Gasteiger partial charge in [0.05, 0.1) is 19.4 Å². The van der Waals surface area contributed by atoms with Crippen LogP contribution in [0.4, 0.5) is 0 Å². The molecule has 0 heterocycles. The second kappa shape index (κ2) is 6.79. The van der Waals surface area contributed by atoms with E-state index in [4.69, 9.17) is 0 Å². The van der Waals surface area contributed by atoms with Crippen LogP contribution in [0, 0.1) is 0 Å². The van der Waals surface area contributed by atoms with E-state index in [9.17, 15) is 9.59 Å². The molecule has 4 heteroatoms. The molecule has 98 valence electrons. The minimum Gasteiger partial charge on any atom is -0.469 e. The Labute approximate surface area is 107 Å². The van der Waals surface area contributed by atoms with Crippen LogP contribution in [0.15, 0.2) is 30.3 Å². The maximum Gasteiger partial charge on any atom is 0.307 e. The standard InChI is InChI=1S/C14H19NO3/c1-10(9-13(16)18-3)15-14(17)11(2)12-7-5-4-6-8-12/h4-8,10-11H,9H2,1-3H3,(H,15,17). The van der Waals surface area contributed by atoms with Gasteiger partial charge in [-0.3, -0.25) is 9.59 Å². The maximum absolute atomic E-state index is 12.0. The van der Waals surface area contributed by atoms with Crippen molar-refractivity contribution in [1.82, 2.24) is 5.32 Å². The summed E-state index contributed by atoms with van der Waals surface area (Å²) in [5.41, 5.74) is 0.959. The highest BCUT2D eigenvalue weighted by Crippen LogP contribution is 2.14. The van der Waals surface area contributed by atoms with Crippen molar-refractivity contribution in [2.45, 2.75) is 32.2 Å². The minimum atomic E-state index is -0.324. The molecule has 0 aliphatic heterocycles. The molecule has 1 amide bonds. The van der Waals surface area contributed by atoms with E-state index in [0.717, 1.165) is 5.56 Å². The topological polar surface area (TPSA) is 55.4 Å². The van der Waals surface area contributed by atoms with Gasteiger partial charge >= 0.3 is 5.97 Å². The van der Waals surface area contributed by atoms with Crippen molar-refractivity contribution in [1.29, 1.82) is 0 Å². The van der Waals surface area contributed by atoms with E-state index in [1.165, 1.54) is 7.11 Å². The van der Waals surface area contributed by atoms with Crippen LogP contribution in [0.2, 0.25) is 0 Å². The molecule has 0 saturated carbocycles. The van der Waals surface area contributed by atoms with Crippen LogP contribution in [0.1, 0.15) is 31.7 Å². The second-order valence-electron chi connectivity index (χ2n) is 4.32. The van der Waals surface area contributed by atoms with Gasteiger partial charge in [-0.05, 0) is 19.4 Å². The van der Waals surface area contributed by atoms with Gasteiger partial charge in [0.15, 0.2) is 0 Å². The monoisotopic (exact) mass is 249 g/mol. The fourth-order valence-corrected chi connectivity index (χ4v) is 1.65. The summed E-state index contributed by atoms with van der Waals surface area (Å²) in [4.78, 5) is 23.0. The Morgan fingerprint density at radius 2 is 1.83 bits per heavy atom. The smallest absolute Gasteiger partial charge is 0.307 e. The lowest BCUT2D eigenvalue weighted by Crippen LogP contribution is -2.37. The Balaban J connectivity index is 2.53. The molecule has 0 saturated heterocycles. The maximum atomic E-state index is 12.0. The summed E-state index contributed by atoms with van der Waals surface area (Å²) in [6, 6.07) is 9.31. The average Bonchev–Trinajstić information content (AvgIpc) is 2.38. The third-order valence-corrected chi connectivity index (χ3v) is 2.78. The summed E-state index contributed by atoms with van der Waals surface area (Å²) in [6.07, 6.45) is 0.184. The molecule has 0 spiro atoms. The molecule has 0 aliphatic rings. The number of amides is 1. The Morgan fingerprint density at radius 1 is 1.22 bits per heavy atom. The largest absolute Gasteiger partial charge is 0.469 e. The Hall–Kier alpha value is -1.84. The number of carbonyl (C=O) groups excluding carboxylic acids is 2. The van der Waals surface area contributed by atoms with Crippen LogP contribution in [0.5, 0.6) is 0 Å². The summed E-state index contributed by atoms with van der Waals surface area (Å²) < 4.78 is 4.56. The zero-order valence-electron chi connectivity index (χ0n) is 11.0. The van der Waals surface area contributed by atoms with Crippen LogP contribution in [0.3, 0.4) is 0 Å². The molecular formula is C14H19NO3. The van der Waals surface area contributed by atoms with Crippen LogP contribution in [-0.4, -0.2) is 25.0 Å². The van der Waals surface area contributed by atoms with Gasteiger partial charge < -0.3 is 10.1 Å². The summed E-state index contributed by atoms with van der Waals surface area (Å²) in [7, 11) is 1.34. The zero-order chi connectivity index (χ0) is 13.5. The SMILES string of the molecule is COC(=O)CC(C)NC(=O)C(C)c1ccccc1. The van der Waals surface area contributed by atoms with E-state index in [0.29, 0.717) is 0 Å². The molecule has 1 aromatic carbocycles. The van der Waals surface area contributed by atoms with Gasteiger partial charge in [-0.2, -0.15) is 0 Å². The van der Waals surface area contributed by atoms with E-state index >= 15 is 0 Å². The molecule has 0 aromatic heterocycles. The van der Waals surface area contributed by atoms with E-state index in [1.807, 2.05) is 37.3 Å². The number of benzene rings is 1. The number of esters is 1. The number of hydrogen-bond acceptors (Lipinski definition) is 3. The van der Waals surface area contributed by atoms with Gasteiger partial charge in [-0.15, -0.1) is 0 Å². The average molecular weight is 249 g/mol. The number of ether oxygens (including phenoxy) is 1. The highest BCUT2D eigenvalue weighted by atomic mass is 16.5. The van der Waals surface area contributed by atoms with Gasteiger partial charge in [0.1, 0.15) is 0 Å². The Kier molecular flexibility index (Phi) is 5.36. The van der Waals surface area contributed by atoms with Crippen LogP contribution < -0.4 is 5.32 Å². The van der Waals surface area contributed by atoms with Gasteiger partial charge in [-0.25, -0.2) is 0 Å². The van der Waals surface area contributed by atoms with Gasteiger partial charge in [0, 0.05) is 6.04 Å². The van der Waals surface area contributed by atoms with E-state index < -0.39 is 0 Å². The summed E-state index contributed by atoms with van der Waals surface area (Å²) in [5.74, 6) is -0.640. The molecule has 1 aromatic rings. The first-order valence-corrected chi connectivity index (χ1v) is 5.96. The summed E-state index contributed by atoms with van der Waals surface area (Å²) in [5, 5.41) is 2.80. The minimum absolute atomic E-state index is 0.0856. The summed E-state index contributed by atoms with van der Waals surface area (Å²) in [6.45, 7) is 3.63. The molecule has 0 fully saturated rings. The first-order valence-electron chi connectivity index (χ1n) is 5.96. The molecule has 18 heavy (non-hydrogen) atoms. The lowest BCUT2D eigenvalue weighted by Gasteiger charge is -2.17. The zero-order valence-corrected chi connectivity index (χ0v) is 11.0. The quantitative estimate of drug-likeness (QED) is 0.810. The number of hydrogen-bond donors (Lipinski definition) is 1. The molecule has 1 rings (SSSR count). The van der Waals surface area contributed by atoms with Crippen molar-refractivity contribution >= 4 is 11.9 Å². The Bertz CT molecular complexity index is 403. The third kappa shape index (κ3) is 4.20. The lowest BCUT2D eigenvalue weighted by molar-refractivity contribution is -0.141. The van der Waals surface area contributed by atoms with Gasteiger partial charge in [-0.1, -0.05) is 30.3 Å². The molecule has 2 atom stereocenters. The number of nitrogens with one attached hydrogen (secondary N) is 1. The molecular weight excluding hydrogens is 230 g/mol. The van der Waals surface area contributed by atoms with Crippen molar-refractivity contribution in [2.75, 3.05) is 7.11 Å². The van der Waals surface area contributed by atoms with Gasteiger partial charge in [0.2, 0.25) is 5.91 Å². The summed E-state index contributed by atoms with van der Waals surface area (Å²) >= 11 is 0. The van der Waals surface area contributed by atoms with E-state index in [1.54, 1.807) is 6.92 Å². The number of carbonyl (C=O) groups is 2. The highest BCUT2D eigenvalue weighted by molar-refractivity contribution is 5.84. The molecule has 4 nitrogen and oxygen atoms in total. The molecule has 2 unspecified atom stereocenters. The first-order chi connectivity index (χ1) is 8.54. The van der Waals surface area contributed by atoms with Crippen molar-refractivity contribution in [3.63, 3.8) is 0 Å². The van der Waals surface area contributed by atoms with Gasteiger partial charge in [0.25, 0.3) is 0 Å². The fraction of sp³-hybridized carbons (Fsp3) is 0.429. The predicted molar refractivity (Wildman–Crippen MR) is 69.1 cm³/mol. The van der Waals surface area contributed by atoms with Crippen LogP contribution in [-0.2, 0) is 14.3 Å². The van der Waals surface area contributed by atoms with E-state index in [-0.39, 0.29) is 30.3 Å². The van der Waals surface area contributed by atoms with Crippen molar-refractivity contribution in [3.05, 3.63) is 35.9 Å². The normalized spacial score (nSPS) is 13.5. The van der Waals surface area contributed by atoms with Crippen molar-refractivity contribution < 1.29 is 14.3 Å². The van der Waals surface area contributed by atoms with E-state index in [2.05, 4.69) is 10.1 Å². The third-order valence-electron chi connectivity index (χ3n) is 2.78. The Morgan fingerprint density at radius 3 is 2.39 bits per heavy atom. The lowest BCUT2D eigenvalue weighted by atomic mass is 10.00. The first kappa shape index (κ1) is 14.2.